The number of carbonyl (C=O) groups is 1. The first-order valence-corrected chi connectivity index (χ1v) is 6.04. The predicted octanol–water partition coefficient (Wildman–Crippen LogP) is 0.800. The third-order valence-electron chi connectivity index (χ3n) is 2.07. The maximum absolute atomic E-state index is 11.1. The van der Waals surface area contributed by atoms with E-state index in [0.29, 0.717) is 6.61 Å². The first kappa shape index (κ1) is 17.6. The van der Waals surface area contributed by atoms with Crippen LogP contribution in [0.3, 0.4) is 0 Å². The highest BCUT2D eigenvalue weighted by Crippen LogP contribution is 2.00. The fourth-order valence-corrected chi connectivity index (χ4v) is 1.03. The molecular weight excluding hydrogens is 250 g/mol. The Morgan fingerprint density at radius 1 is 1.21 bits per heavy atom. The van der Waals surface area contributed by atoms with Crippen molar-refractivity contribution in [1.82, 2.24) is 0 Å². The largest absolute Gasteiger partial charge is 0.459 e. The van der Waals surface area contributed by atoms with Crippen molar-refractivity contribution < 1.29 is 24.1 Å². The van der Waals surface area contributed by atoms with Crippen LogP contribution in [-0.2, 0) is 19.0 Å². The first-order valence-electron chi connectivity index (χ1n) is 6.04. The molecule has 3 atom stereocenters. The van der Waals surface area contributed by atoms with E-state index in [1.165, 1.54) is 0 Å². The van der Waals surface area contributed by atoms with Crippen LogP contribution in [0.15, 0.2) is 12.2 Å². The molecule has 0 saturated heterocycles. The number of ether oxygens (including phenoxy) is 3. The second kappa shape index (κ2) is 9.50. The van der Waals surface area contributed by atoms with Gasteiger partial charge in [0, 0.05) is 0 Å². The van der Waals surface area contributed by atoms with Crippen molar-refractivity contribution in [3.8, 4) is 6.07 Å². The number of carbonyl (C=O) groups excluding carboxylic acids is 1. The van der Waals surface area contributed by atoms with Crippen molar-refractivity contribution in [2.75, 3.05) is 19.8 Å². The molecule has 1 N–H and O–H groups in total. The van der Waals surface area contributed by atoms with Gasteiger partial charge in [-0.3, -0.25) is 0 Å². The Morgan fingerprint density at radius 2 is 1.74 bits per heavy atom. The third kappa shape index (κ3) is 9.19. The summed E-state index contributed by atoms with van der Waals surface area (Å²) in [7, 11) is 0. The lowest BCUT2D eigenvalue weighted by molar-refractivity contribution is -0.143. The molecule has 0 aromatic heterocycles. The number of esters is 1. The molecule has 0 fully saturated rings. The standard InChI is InChI=1S/C13H21NO5/c1-9(5-14)13(16)19-8-12(4)18-7-11(3)17-6-10(2)15/h10-12,15H,1,6-8H2,2-4H3. The van der Waals surface area contributed by atoms with Gasteiger partial charge in [0.1, 0.15) is 18.2 Å². The monoisotopic (exact) mass is 271 g/mol. The van der Waals surface area contributed by atoms with Crippen LogP contribution >= 0.6 is 0 Å². The Bertz CT molecular complexity index is 334. The molecule has 0 aliphatic carbocycles. The minimum Gasteiger partial charge on any atom is -0.459 e. The zero-order valence-corrected chi connectivity index (χ0v) is 11.6. The van der Waals surface area contributed by atoms with Crippen LogP contribution in [0.4, 0.5) is 0 Å². The van der Waals surface area contributed by atoms with Crippen LogP contribution < -0.4 is 0 Å². The van der Waals surface area contributed by atoms with E-state index in [9.17, 15) is 4.79 Å². The third-order valence-corrected chi connectivity index (χ3v) is 2.07. The lowest BCUT2D eigenvalue weighted by Gasteiger charge is -2.18. The van der Waals surface area contributed by atoms with Crippen LogP contribution in [0.2, 0.25) is 0 Å². The van der Waals surface area contributed by atoms with E-state index in [-0.39, 0.29) is 31.0 Å². The van der Waals surface area contributed by atoms with E-state index >= 15 is 0 Å². The molecule has 6 heteroatoms. The van der Waals surface area contributed by atoms with Crippen LogP contribution in [0.1, 0.15) is 20.8 Å². The predicted molar refractivity (Wildman–Crippen MR) is 68.2 cm³/mol. The topological polar surface area (TPSA) is 88.8 Å². The summed E-state index contributed by atoms with van der Waals surface area (Å²) in [4.78, 5) is 11.1. The number of aliphatic hydroxyl groups is 1. The molecule has 0 aliphatic rings. The highest BCUT2D eigenvalue weighted by atomic mass is 16.6. The molecule has 0 bridgehead atoms. The van der Waals surface area contributed by atoms with Crippen molar-refractivity contribution in [2.24, 2.45) is 0 Å². The summed E-state index contributed by atoms with van der Waals surface area (Å²) in [6.07, 6.45) is -0.993. The zero-order chi connectivity index (χ0) is 14.8. The minimum absolute atomic E-state index is 0.0443. The molecule has 0 aliphatic heterocycles. The van der Waals surface area contributed by atoms with Gasteiger partial charge in [-0.05, 0) is 20.8 Å². The summed E-state index contributed by atoms with van der Waals surface area (Å²) in [6, 6.07) is 1.61. The highest BCUT2D eigenvalue weighted by Gasteiger charge is 2.12. The molecule has 0 aromatic carbocycles. The summed E-state index contributed by atoms with van der Waals surface area (Å²) in [5.41, 5.74) is -0.235. The summed E-state index contributed by atoms with van der Waals surface area (Å²) in [6.45, 7) is 9.05. The molecule has 19 heavy (non-hydrogen) atoms. The molecule has 0 spiro atoms. The molecule has 0 amide bonds. The Kier molecular flexibility index (Phi) is 8.79. The fraction of sp³-hybridized carbons (Fsp3) is 0.692. The molecule has 0 radical (unpaired) electrons. The first-order chi connectivity index (χ1) is 8.86. The summed E-state index contributed by atoms with van der Waals surface area (Å²) in [5, 5.41) is 17.5. The van der Waals surface area contributed by atoms with Gasteiger partial charge in [0.25, 0.3) is 0 Å². The number of aliphatic hydroxyl groups excluding tert-OH is 1. The molecule has 0 rings (SSSR count). The second-order valence-electron chi connectivity index (χ2n) is 4.33. The number of nitriles is 1. The van der Waals surface area contributed by atoms with E-state index in [1.807, 2.05) is 6.92 Å². The Hall–Kier alpha value is -1.42. The van der Waals surface area contributed by atoms with E-state index < -0.39 is 12.1 Å². The molecule has 3 unspecified atom stereocenters. The number of rotatable bonds is 9. The van der Waals surface area contributed by atoms with Gasteiger partial charge < -0.3 is 19.3 Å². The van der Waals surface area contributed by atoms with E-state index in [2.05, 4.69) is 6.58 Å². The van der Waals surface area contributed by atoms with E-state index in [4.69, 9.17) is 24.6 Å². The van der Waals surface area contributed by atoms with Gasteiger partial charge in [0.05, 0.1) is 31.5 Å². The maximum atomic E-state index is 11.1. The fourth-order valence-electron chi connectivity index (χ4n) is 1.03. The number of hydrogen-bond acceptors (Lipinski definition) is 6. The SMILES string of the molecule is C=C(C#N)C(=O)OCC(C)OCC(C)OCC(C)O. The van der Waals surface area contributed by atoms with E-state index in [0.717, 1.165) is 0 Å². The Labute approximate surface area is 113 Å². The molecule has 6 nitrogen and oxygen atoms in total. The quantitative estimate of drug-likeness (QED) is 0.379. The average Bonchev–Trinajstić information content (AvgIpc) is 2.38. The van der Waals surface area contributed by atoms with Crippen molar-refractivity contribution in [3.05, 3.63) is 12.2 Å². The van der Waals surface area contributed by atoms with Crippen molar-refractivity contribution in [3.63, 3.8) is 0 Å². The van der Waals surface area contributed by atoms with Gasteiger partial charge >= 0.3 is 5.97 Å². The molecule has 0 aromatic rings. The number of nitrogens with zero attached hydrogens (tertiary/aromatic N) is 1. The number of hydrogen-bond donors (Lipinski definition) is 1. The van der Waals surface area contributed by atoms with Crippen molar-refractivity contribution >= 4 is 5.97 Å². The second-order valence-corrected chi connectivity index (χ2v) is 4.33. The zero-order valence-electron chi connectivity index (χ0n) is 11.6. The normalized spacial score (nSPS) is 15.1. The van der Waals surface area contributed by atoms with Gasteiger partial charge in [-0.15, -0.1) is 0 Å². The Morgan fingerprint density at radius 3 is 2.26 bits per heavy atom. The van der Waals surface area contributed by atoms with E-state index in [1.54, 1.807) is 19.9 Å². The lowest BCUT2D eigenvalue weighted by Crippen LogP contribution is -2.26. The molecular formula is C13H21NO5. The van der Waals surface area contributed by atoms with Crippen LogP contribution in [0.25, 0.3) is 0 Å². The lowest BCUT2D eigenvalue weighted by atomic mass is 10.3. The minimum atomic E-state index is -0.739. The van der Waals surface area contributed by atoms with Gasteiger partial charge in [0.15, 0.2) is 0 Å². The molecule has 0 saturated carbocycles. The van der Waals surface area contributed by atoms with Crippen molar-refractivity contribution in [1.29, 1.82) is 5.26 Å². The van der Waals surface area contributed by atoms with Gasteiger partial charge in [-0.2, -0.15) is 5.26 Å². The van der Waals surface area contributed by atoms with Gasteiger partial charge in [0.2, 0.25) is 0 Å². The van der Waals surface area contributed by atoms with Crippen LogP contribution in [-0.4, -0.2) is 49.2 Å². The molecule has 108 valence electrons. The average molecular weight is 271 g/mol. The summed E-state index contributed by atoms with van der Waals surface area (Å²) >= 11 is 0. The Balaban J connectivity index is 3.75. The summed E-state index contributed by atoms with van der Waals surface area (Å²) < 4.78 is 15.5. The smallest absolute Gasteiger partial charge is 0.348 e. The van der Waals surface area contributed by atoms with Gasteiger partial charge in [-0.1, -0.05) is 6.58 Å². The maximum Gasteiger partial charge on any atom is 0.348 e. The summed E-state index contributed by atoms with van der Waals surface area (Å²) in [5.74, 6) is -0.739. The van der Waals surface area contributed by atoms with Crippen molar-refractivity contribution in [2.45, 2.75) is 39.1 Å². The highest BCUT2D eigenvalue weighted by molar-refractivity contribution is 5.91. The van der Waals surface area contributed by atoms with Crippen LogP contribution in [0.5, 0.6) is 0 Å². The van der Waals surface area contributed by atoms with Crippen LogP contribution in [0, 0.1) is 11.3 Å². The van der Waals surface area contributed by atoms with Gasteiger partial charge in [-0.25, -0.2) is 4.79 Å². The molecule has 0 heterocycles.